The van der Waals surface area contributed by atoms with Crippen molar-refractivity contribution in [2.75, 3.05) is 26.8 Å². The highest BCUT2D eigenvalue weighted by Gasteiger charge is 2.18. The lowest BCUT2D eigenvalue weighted by atomic mass is 10.3. The minimum Gasteiger partial charge on any atom is -0.470 e. The van der Waals surface area contributed by atoms with Crippen LogP contribution in [-0.2, 0) is 4.74 Å². The van der Waals surface area contributed by atoms with E-state index in [4.69, 9.17) is 9.47 Å². The highest BCUT2D eigenvalue weighted by Crippen LogP contribution is 2.33. The first-order valence-corrected chi connectivity index (χ1v) is 8.32. The molecule has 0 radical (unpaired) electrons. The molecule has 1 heterocycles. The third-order valence-electron chi connectivity index (χ3n) is 3.24. The molecule has 0 aromatic carbocycles. The highest BCUT2D eigenvalue weighted by molar-refractivity contribution is 5.63. The van der Waals surface area contributed by atoms with Crippen LogP contribution in [0.4, 0.5) is 14.5 Å². The maximum atomic E-state index is 12.7. The van der Waals surface area contributed by atoms with E-state index in [1.54, 1.807) is 20.2 Å². The average Bonchev–Trinajstić information content (AvgIpc) is 2.55. The Morgan fingerprint density at radius 1 is 1.32 bits per heavy atom. The van der Waals surface area contributed by atoms with Crippen LogP contribution < -0.4 is 9.47 Å². The van der Waals surface area contributed by atoms with E-state index in [1.165, 1.54) is 6.07 Å². The van der Waals surface area contributed by atoms with Gasteiger partial charge in [0, 0.05) is 26.3 Å². The summed E-state index contributed by atoms with van der Waals surface area (Å²) in [6.07, 6.45) is 2.15. The molecule has 0 spiro atoms. The fourth-order valence-electron chi connectivity index (χ4n) is 1.81. The van der Waals surface area contributed by atoms with Crippen LogP contribution in [0.25, 0.3) is 0 Å². The summed E-state index contributed by atoms with van der Waals surface area (Å²) in [5, 5.41) is 0. The summed E-state index contributed by atoms with van der Waals surface area (Å²) in [5.74, 6) is -0.137. The van der Waals surface area contributed by atoms with E-state index in [9.17, 15) is 8.78 Å². The summed E-state index contributed by atoms with van der Waals surface area (Å²) in [6, 6.07) is 1.41. The zero-order chi connectivity index (χ0) is 18.8. The normalized spacial score (nSPS) is 12.6. The quantitative estimate of drug-likeness (QED) is 0.342. The van der Waals surface area contributed by atoms with Crippen molar-refractivity contribution in [3.63, 3.8) is 0 Å². The Morgan fingerprint density at radius 2 is 2.04 bits per heavy atom. The number of alkyl halides is 2. The Hall–Kier alpha value is -1.96. The number of pyridine rings is 1. The van der Waals surface area contributed by atoms with Crippen LogP contribution >= 0.6 is 0 Å². The predicted molar refractivity (Wildman–Crippen MR) is 93.3 cm³/mol. The van der Waals surface area contributed by atoms with Gasteiger partial charge in [0.1, 0.15) is 6.10 Å². The van der Waals surface area contributed by atoms with Crippen LogP contribution in [-0.4, -0.2) is 55.7 Å². The molecule has 1 aromatic rings. The molecule has 0 amide bonds. The van der Waals surface area contributed by atoms with Gasteiger partial charge in [0.15, 0.2) is 5.75 Å². The van der Waals surface area contributed by atoms with Gasteiger partial charge >= 0.3 is 6.61 Å². The number of hydrogen-bond acceptors (Lipinski definition) is 5. The molecular formula is C17H27F2N3O3. The molecule has 0 saturated heterocycles. The number of aryl methyl sites for hydroxylation is 1. The van der Waals surface area contributed by atoms with Crippen molar-refractivity contribution in [2.45, 2.75) is 46.8 Å². The molecule has 1 unspecified atom stereocenters. The number of rotatable bonds is 11. The number of aliphatic imine (C=N–C) groups is 1. The van der Waals surface area contributed by atoms with E-state index in [0.29, 0.717) is 24.6 Å². The van der Waals surface area contributed by atoms with E-state index >= 15 is 0 Å². The number of ether oxygens (including phenoxy) is 3. The summed E-state index contributed by atoms with van der Waals surface area (Å²) in [7, 11) is 1.86. The Labute approximate surface area is 147 Å². The summed E-state index contributed by atoms with van der Waals surface area (Å²) in [6.45, 7) is 6.22. The summed E-state index contributed by atoms with van der Waals surface area (Å²) in [5.41, 5.74) is 0.997. The molecule has 0 aliphatic rings. The molecule has 142 valence electrons. The standard InChI is InChI=1S/C17H27F2N3O3/c1-6-8-23-10-12(3)24-16-15(25-17(18)19)9-14(13(4)21-16)20-11-22(5)7-2/h9,11-12,17H,6-8,10H2,1-5H3. The monoisotopic (exact) mass is 359 g/mol. The largest absolute Gasteiger partial charge is 0.470 e. The summed E-state index contributed by atoms with van der Waals surface area (Å²) < 4.78 is 41.0. The van der Waals surface area contributed by atoms with Gasteiger partial charge in [-0.1, -0.05) is 6.92 Å². The van der Waals surface area contributed by atoms with Crippen LogP contribution in [0.5, 0.6) is 11.6 Å². The second-order valence-electron chi connectivity index (χ2n) is 5.60. The van der Waals surface area contributed by atoms with Gasteiger partial charge in [-0.25, -0.2) is 9.98 Å². The topological polar surface area (TPSA) is 56.2 Å². The average molecular weight is 359 g/mol. The fourth-order valence-corrected chi connectivity index (χ4v) is 1.81. The van der Waals surface area contributed by atoms with Gasteiger partial charge in [0.2, 0.25) is 0 Å². The Balaban J connectivity index is 2.99. The number of halogens is 2. The first kappa shape index (κ1) is 21.1. The zero-order valence-corrected chi connectivity index (χ0v) is 15.5. The molecule has 6 nitrogen and oxygen atoms in total. The van der Waals surface area contributed by atoms with E-state index in [0.717, 1.165) is 13.0 Å². The maximum absolute atomic E-state index is 12.7. The third-order valence-corrected chi connectivity index (χ3v) is 3.24. The van der Waals surface area contributed by atoms with Gasteiger partial charge in [0.05, 0.1) is 24.3 Å². The molecule has 0 N–H and O–H groups in total. The van der Waals surface area contributed by atoms with Gasteiger partial charge in [-0.15, -0.1) is 0 Å². The lowest BCUT2D eigenvalue weighted by Gasteiger charge is -2.18. The van der Waals surface area contributed by atoms with Crippen molar-refractivity contribution in [2.24, 2.45) is 4.99 Å². The number of nitrogens with zero attached hydrogens (tertiary/aromatic N) is 3. The Kier molecular flexibility index (Phi) is 9.12. The first-order valence-electron chi connectivity index (χ1n) is 8.32. The molecule has 0 fully saturated rings. The van der Waals surface area contributed by atoms with Gasteiger partial charge in [0.25, 0.3) is 5.88 Å². The lowest BCUT2D eigenvalue weighted by molar-refractivity contribution is -0.0530. The molecule has 0 aliphatic heterocycles. The predicted octanol–water partition coefficient (Wildman–Crippen LogP) is 3.80. The first-order chi connectivity index (χ1) is 11.9. The van der Waals surface area contributed by atoms with Crippen molar-refractivity contribution < 1.29 is 23.0 Å². The molecule has 0 aliphatic carbocycles. The van der Waals surface area contributed by atoms with E-state index < -0.39 is 6.61 Å². The van der Waals surface area contributed by atoms with E-state index in [2.05, 4.69) is 14.7 Å². The minimum absolute atomic E-state index is 0.00759. The van der Waals surface area contributed by atoms with Crippen LogP contribution in [0.3, 0.4) is 0 Å². The zero-order valence-electron chi connectivity index (χ0n) is 15.5. The molecule has 1 rings (SSSR count). The summed E-state index contributed by atoms with van der Waals surface area (Å²) in [4.78, 5) is 10.3. The van der Waals surface area contributed by atoms with Crippen LogP contribution in [0.1, 0.15) is 32.9 Å². The van der Waals surface area contributed by atoms with Crippen LogP contribution in [0.2, 0.25) is 0 Å². The second-order valence-corrected chi connectivity index (χ2v) is 5.60. The molecule has 25 heavy (non-hydrogen) atoms. The maximum Gasteiger partial charge on any atom is 0.387 e. The van der Waals surface area contributed by atoms with Crippen molar-refractivity contribution in [3.8, 4) is 11.6 Å². The van der Waals surface area contributed by atoms with Gasteiger partial charge < -0.3 is 19.1 Å². The van der Waals surface area contributed by atoms with E-state index in [-0.39, 0.29) is 17.7 Å². The number of hydrogen-bond donors (Lipinski definition) is 0. The van der Waals surface area contributed by atoms with Crippen molar-refractivity contribution in [1.29, 1.82) is 0 Å². The van der Waals surface area contributed by atoms with Crippen LogP contribution in [0.15, 0.2) is 11.1 Å². The molecule has 0 bridgehead atoms. The van der Waals surface area contributed by atoms with Gasteiger partial charge in [-0.2, -0.15) is 8.78 Å². The third kappa shape index (κ3) is 7.64. The highest BCUT2D eigenvalue weighted by atomic mass is 19.3. The number of aromatic nitrogens is 1. The minimum atomic E-state index is -2.98. The van der Waals surface area contributed by atoms with Crippen LogP contribution in [0, 0.1) is 6.92 Å². The second kappa shape index (κ2) is 10.8. The van der Waals surface area contributed by atoms with Crippen molar-refractivity contribution in [3.05, 3.63) is 11.8 Å². The lowest BCUT2D eigenvalue weighted by Crippen LogP contribution is -2.21. The fraction of sp³-hybridized carbons (Fsp3) is 0.647. The molecule has 1 atom stereocenters. The van der Waals surface area contributed by atoms with Gasteiger partial charge in [-0.3, -0.25) is 0 Å². The molecule has 8 heteroatoms. The van der Waals surface area contributed by atoms with Crippen molar-refractivity contribution >= 4 is 12.0 Å². The smallest absolute Gasteiger partial charge is 0.387 e. The molecular weight excluding hydrogens is 332 g/mol. The Morgan fingerprint density at radius 3 is 2.64 bits per heavy atom. The molecule has 1 aromatic heterocycles. The van der Waals surface area contributed by atoms with E-state index in [1.807, 2.05) is 25.8 Å². The van der Waals surface area contributed by atoms with Crippen molar-refractivity contribution in [1.82, 2.24) is 9.88 Å². The Bertz CT molecular complexity index is 556. The molecule has 0 saturated carbocycles. The SMILES string of the molecule is CCCOCC(C)Oc1nc(C)c(N=CN(C)CC)cc1OC(F)F. The summed E-state index contributed by atoms with van der Waals surface area (Å²) >= 11 is 0. The van der Waals surface area contributed by atoms with Gasteiger partial charge in [-0.05, 0) is 27.2 Å².